The van der Waals surface area contributed by atoms with Crippen LogP contribution in [0.5, 0.6) is 5.75 Å². The zero-order valence-electron chi connectivity index (χ0n) is 9.68. The summed E-state index contributed by atoms with van der Waals surface area (Å²) in [6, 6.07) is 9.42. The highest BCUT2D eigenvalue weighted by Crippen LogP contribution is 2.15. The number of hydrogen-bond acceptors (Lipinski definition) is 3. The minimum Gasteiger partial charge on any atom is -0.497 e. The highest BCUT2D eigenvalue weighted by Gasteiger charge is 2.06. The molecule has 0 atom stereocenters. The van der Waals surface area contributed by atoms with E-state index in [1.807, 2.05) is 0 Å². The Bertz CT molecular complexity index is 538. The molecule has 1 heterocycles. The Morgan fingerprint density at radius 2 is 1.94 bits per heavy atom. The Morgan fingerprint density at radius 1 is 1.22 bits per heavy atom. The van der Waals surface area contributed by atoms with E-state index in [1.54, 1.807) is 31.4 Å². The lowest BCUT2D eigenvalue weighted by atomic mass is 10.2. The molecule has 5 heteroatoms. The van der Waals surface area contributed by atoms with Crippen molar-refractivity contribution in [1.29, 1.82) is 0 Å². The molecule has 2 aromatic rings. The first-order valence-corrected chi connectivity index (χ1v) is 5.26. The first kappa shape index (κ1) is 12.0. The van der Waals surface area contributed by atoms with Crippen molar-refractivity contribution < 1.29 is 13.9 Å². The molecule has 2 rings (SSSR count). The molecule has 18 heavy (non-hydrogen) atoms. The van der Waals surface area contributed by atoms with E-state index in [0.29, 0.717) is 17.0 Å². The second kappa shape index (κ2) is 5.27. The molecule has 92 valence electrons. The van der Waals surface area contributed by atoms with Gasteiger partial charge in [0, 0.05) is 11.9 Å². The van der Waals surface area contributed by atoms with E-state index in [2.05, 4.69) is 10.3 Å². The molecule has 0 bridgehead atoms. The third-order valence-electron chi connectivity index (χ3n) is 2.34. The fourth-order valence-corrected chi connectivity index (χ4v) is 1.39. The maximum atomic E-state index is 12.6. The summed E-state index contributed by atoms with van der Waals surface area (Å²) in [6.07, 6.45) is 1.19. The average Bonchev–Trinajstić information content (AvgIpc) is 2.40. The van der Waals surface area contributed by atoms with Crippen molar-refractivity contribution >= 4 is 11.6 Å². The predicted octanol–water partition coefficient (Wildman–Crippen LogP) is 2.48. The van der Waals surface area contributed by atoms with Gasteiger partial charge in [0.1, 0.15) is 5.75 Å². The van der Waals surface area contributed by atoms with Crippen LogP contribution in [0.2, 0.25) is 0 Å². The van der Waals surface area contributed by atoms with Crippen LogP contribution in [0, 0.1) is 5.95 Å². The first-order chi connectivity index (χ1) is 8.69. The van der Waals surface area contributed by atoms with Crippen LogP contribution in [-0.2, 0) is 0 Å². The van der Waals surface area contributed by atoms with Crippen LogP contribution in [0.1, 0.15) is 10.4 Å². The molecule has 0 saturated carbocycles. The summed E-state index contributed by atoms with van der Waals surface area (Å²) < 4.78 is 17.6. The van der Waals surface area contributed by atoms with Crippen molar-refractivity contribution in [1.82, 2.24) is 4.98 Å². The van der Waals surface area contributed by atoms with E-state index in [-0.39, 0.29) is 5.91 Å². The van der Waals surface area contributed by atoms with Crippen molar-refractivity contribution in [2.75, 3.05) is 12.4 Å². The zero-order valence-corrected chi connectivity index (χ0v) is 9.68. The maximum absolute atomic E-state index is 12.6. The zero-order chi connectivity index (χ0) is 13.0. The van der Waals surface area contributed by atoms with E-state index in [0.717, 1.165) is 6.07 Å². The summed E-state index contributed by atoms with van der Waals surface area (Å²) in [5.74, 6) is -0.250. The van der Waals surface area contributed by atoms with Gasteiger partial charge < -0.3 is 10.1 Å². The quantitative estimate of drug-likeness (QED) is 0.846. The highest BCUT2D eigenvalue weighted by atomic mass is 19.1. The van der Waals surface area contributed by atoms with Gasteiger partial charge in [0.05, 0.1) is 12.7 Å². The number of amides is 1. The fourth-order valence-electron chi connectivity index (χ4n) is 1.39. The average molecular weight is 246 g/mol. The van der Waals surface area contributed by atoms with Gasteiger partial charge in [-0.25, -0.2) is 4.98 Å². The Morgan fingerprint density at radius 3 is 2.50 bits per heavy atom. The van der Waals surface area contributed by atoms with Crippen molar-refractivity contribution in [3.8, 4) is 5.75 Å². The minimum absolute atomic E-state index is 0.298. The van der Waals surface area contributed by atoms with E-state index in [4.69, 9.17) is 4.74 Å². The molecule has 0 saturated heterocycles. The standard InChI is InChI=1S/C13H11FN2O2/c1-18-11-5-3-10(4-6-11)16-13(17)9-2-7-12(14)15-8-9/h2-8H,1H3,(H,16,17). The number of anilines is 1. The van der Waals surface area contributed by atoms with E-state index < -0.39 is 5.95 Å². The van der Waals surface area contributed by atoms with Crippen LogP contribution in [0.4, 0.5) is 10.1 Å². The summed E-state index contributed by atoms with van der Waals surface area (Å²) in [4.78, 5) is 15.2. The molecule has 1 aromatic heterocycles. The Kier molecular flexibility index (Phi) is 3.52. The third kappa shape index (κ3) is 2.82. The number of nitrogens with zero attached hydrogens (tertiary/aromatic N) is 1. The van der Waals surface area contributed by atoms with Crippen LogP contribution in [-0.4, -0.2) is 18.0 Å². The number of ether oxygens (including phenoxy) is 1. The van der Waals surface area contributed by atoms with Crippen LogP contribution in [0.3, 0.4) is 0 Å². The van der Waals surface area contributed by atoms with Gasteiger partial charge in [-0.15, -0.1) is 0 Å². The van der Waals surface area contributed by atoms with Gasteiger partial charge >= 0.3 is 0 Å². The molecule has 1 amide bonds. The van der Waals surface area contributed by atoms with Crippen LogP contribution in [0.15, 0.2) is 42.6 Å². The second-order valence-corrected chi connectivity index (χ2v) is 3.55. The van der Waals surface area contributed by atoms with E-state index >= 15 is 0 Å². The molecule has 4 nitrogen and oxygen atoms in total. The van der Waals surface area contributed by atoms with Crippen molar-refractivity contribution in [2.45, 2.75) is 0 Å². The summed E-state index contributed by atoms with van der Waals surface area (Å²) in [5, 5.41) is 2.67. The van der Waals surface area contributed by atoms with Gasteiger partial charge in [0.25, 0.3) is 5.91 Å². The molecule has 0 aliphatic heterocycles. The maximum Gasteiger partial charge on any atom is 0.257 e. The lowest BCUT2D eigenvalue weighted by molar-refractivity contribution is 0.102. The van der Waals surface area contributed by atoms with Crippen LogP contribution in [0.25, 0.3) is 0 Å². The molecule has 1 aromatic carbocycles. The van der Waals surface area contributed by atoms with Gasteiger partial charge in [-0.05, 0) is 36.4 Å². The molecule has 0 spiro atoms. The molecule has 0 fully saturated rings. The topological polar surface area (TPSA) is 51.2 Å². The number of methoxy groups -OCH3 is 1. The predicted molar refractivity (Wildman–Crippen MR) is 65.1 cm³/mol. The number of halogens is 1. The summed E-state index contributed by atoms with van der Waals surface area (Å²) in [6.45, 7) is 0. The molecular weight excluding hydrogens is 235 g/mol. The second-order valence-electron chi connectivity index (χ2n) is 3.55. The van der Waals surface area contributed by atoms with Gasteiger partial charge in [-0.1, -0.05) is 0 Å². The van der Waals surface area contributed by atoms with Crippen LogP contribution >= 0.6 is 0 Å². The lowest BCUT2D eigenvalue weighted by Gasteiger charge is -2.05. The minimum atomic E-state index is -0.615. The molecule has 0 radical (unpaired) electrons. The van der Waals surface area contributed by atoms with Gasteiger partial charge in [-0.2, -0.15) is 4.39 Å². The number of aromatic nitrogens is 1. The summed E-state index contributed by atoms with van der Waals surface area (Å²) in [7, 11) is 1.57. The normalized spacial score (nSPS) is 9.89. The smallest absolute Gasteiger partial charge is 0.257 e. The summed E-state index contributed by atoms with van der Waals surface area (Å²) >= 11 is 0. The van der Waals surface area contributed by atoms with E-state index in [9.17, 15) is 9.18 Å². The lowest BCUT2D eigenvalue weighted by Crippen LogP contribution is -2.12. The molecule has 0 aliphatic rings. The van der Waals surface area contributed by atoms with Crippen molar-refractivity contribution in [2.24, 2.45) is 0 Å². The SMILES string of the molecule is COc1ccc(NC(=O)c2ccc(F)nc2)cc1. The number of rotatable bonds is 3. The van der Waals surface area contributed by atoms with Crippen molar-refractivity contribution in [3.63, 3.8) is 0 Å². The van der Waals surface area contributed by atoms with Crippen molar-refractivity contribution in [3.05, 3.63) is 54.1 Å². The number of nitrogens with one attached hydrogen (secondary N) is 1. The fraction of sp³-hybridized carbons (Fsp3) is 0.0769. The number of pyridine rings is 1. The number of benzene rings is 1. The molecule has 0 unspecified atom stereocenters. The Labute approximate surface area is 103 Å². The Balaban J connectivity index is 2.08. The first-order valence-electron chi connectivity index (χ1n) is 5.26. The third-order valence-corrected chi connectivity index (χ3v) is 2.34. The highest BCUT2D eigenvalue weighted by molar-refractivity contribution is 6.04. The van der Waals surface area contributed by atoms with Gasteiger partial charge in [-0.3, -0.25) is 4.79 Å². The monoisotopic (exact) mass is 246 g/mol. The molecular formula is C13H11FN2O2. The Hall–Kier alpha value is -2.43. The molecule has 1 N–H and O–H groups in total. The number of carbonyl (C=O) groups is 1. The number of hydrogen-bond donors (Lipinski definition) is 1. The van der Waals surface area contributed by atoms with Gasteiger partial charge in [0.15, 0.2) is 0 Å². The summed E-state index contributed by atoms with van der Waals surface area (Å²) in [5.41, 5.74) is 0.928. The van der Waals surface area contributed by atoms with Gasteiger partial charge in [0.2, 0.25) is 5.95 Å². The van der Waals surface area contributed by atoms with E-state index in [1.165, 1.54) is 12.3 Å². The van der Waals surface area contributed by atoms with Crippen LogP contribution < -0.4 is 10.1 Å². The molecule has 0 aliphatic carbocycles. The largest absolute Gasteiger partial charge is 0.497 e. The number of carbonyl (C=O) groups excluding carboxylic acids is 1.